The van der Waals surface area contributed by atoms with Crippen molar-refractivity contribution < 1.29 is 14.4 Å². The van der Waals surface area contributed by atoms with Crippen LogP contribution in [0.5, 0.6) is 0 Å². The first-order valence-corrected chi connectivity index (χ1v) is 7.63. The van der Waals surface area contributed by atoms with Crippen LogP contribution in [-0.2, 0) is 9.59 Å². The molecule has 1 saturated carbocycles. The normalized spacial score (nSPS) is 20.9. The van der Waals surface area contributed by atoms with Crippen LogP contribution in [0.25, 0.3) is 0 Å². The summed E-state index contributed by atoms with van der Waals surface area (Å²) < 4.78 is 0. The van der Waals surface area contributed by atoms with Gasteiger partial charge in [-0.3, -0.25) is 14.4 Å². The summed E-state index contributed by atoms with van der Waals surface area (Å²) in [6, 6.07) is 6.30. The Morgan fingerprint density at radius 1 is 1.18 bits per heavy atom. The summed E-state index contributed by atoms with van der Waals surface area (Å²) in [7, 11) is 0. The molecule has 6 nitrogen and oxygen atoms in total. The first kappa shape index (κ1) is 14.6. The Morgan fingerprint density at radius 2 is 2.00 bits per heavy atom. The predicted molar refractivity (Wildman–Crippen MR) is 81.3 cm³/mol. The molecule has 1 saturated heterocycles. The molecule has 1 atom stereocenters. The highest BCUT2D eigenvalue weighted by Gasteiger charge is 2.29. The lowest BCUT2D eigenvalue weighted by Gasteiger charge is -2.22. The van der Waals surface area contributed by atoms with Gasteiger partial charge in [0.1, 0.15) is 6.04 Å². The molecule has 1 aromatic rings. The summed E-state index contributed by atoms with van der Waals surface area (Å²) in [5.74, 6) is -0.324. The summed E-state index contributed by atoms with van der Waals surface area (Å²) in [5, 5.41) is 8.29. The van der Waals surface area contributed by atoms with Gasteiger partial charge in [0.25, 0.3) is 5.91 Å². The Bertz CT molecular complexity index is 610. The van der Waals surface area contributed by atoms with E-state index in [9.17, 15) is 14.4 Å². The third-order valence-electron chi connectivity index (χ3n) is 3.93. The van der Waals surface area contributed by atoms with Crippen LogP contribution in [0, 0.1) is 5.92 Å². The van der Waals surface area contributed by atoms with E-state index in [0.29, 0.717) is 24.2 Å². The predicted octanol–water partition coefficient (Wildman–Crippen LogP) is 1.04. The number of carbonyl (C=O) groups excluding carboxylic acids is 3. The highest BCUT2D eigenvalue weighted by atomic mass is 16.2. The van der Waals surface area contributed by atoms with Gasteiger partial charge >= 0.3 is 0 Å². The fourth-order valence-corrected chi connectivity index (χ4v) is 2.48. The third kappa shape index (κ3) is 3.44. The van der Waals surface area contributed by atoms with Crippen molar-refractivity contribution >= 4 is 23.4 Å². The van der Waals surface area contributed by atoms with E-state index in [1.807, 2.05) is 0 Å². The Kier molecular flexibility index (Phi) is 4.09. The van der Waals surface area contributed by atoms with Gasteiger partial charge in [0.15, 0.2) is 0 Å². The third-order valence-corrected chi connectivity index (χ3v) is 3.93. The number of rotatable bonds is 4. The van der Waals surface area contributed by atoms with Crippen LogP contribution in [-0.4, -0.2) is 30.3 Å². The van der Waals surface area contributed by atoms with Crippen molar-refractivity contribution in [3.8, 4) is 0 Å². The highest BCUT2D eigenvalue weighted by molar-refractivity contribution is 6.00. The smallest absolute Gasteiger partial charge is 0.252 e. The van der Waals surface area contributed by atoms with E-state index in [2.05, 4.69) is 16.0 Å². The van der Waals surface area contributed by atoms with Gasteiger partial charge in [-0.2, -0.15) is 0 Å². The summed E-state index contributed by atoms with van der Waals surface area (Å²) in [5.41, 5.74) is 1.05. The number of anilines is 1. The monoisotopic (exact) mass is 301 g/mol. The first-order chi connectivity index (χ1) is 10.6. The molecule has 3 amide bonds. The number of hydrogen-bond donors (Lipinski definition) is 3. The minimum absolute atomic E-state index is 0.00390. The Labute approximate surface area is 128 Å². The topological polar surface area (TPSA) is 87.3 Å². The van der Waals surface area contributed by atoms with Gasteiger partial charge in [-0.05, 0) is 43.9 Å². The summed E-state index contributed by atoms with van der Waals surface area (Å²) in [6.45, 7) is 0.661. The zero-order chi connectivity index (χ0) is 15.5. The van der Waals surface area contributed by atoms with Crippen molar-refractivity contribution in [1.82, 2.24) is 10.6 Å². The van der Waals surface area contributed by atoms with Crippen molar-refractivity contribution in [3.05, 3.63) is 29.8 Å². The van der Waals surface area contributed by atoms with Crippen molar-refractivity contribution in [1.29, 1.82) is 0 Å². The van der Waals surface area contributed by atoms with Crippen LogP contribution in [0.1, 0.15) is 36.0 Å². The molecule has 1 aromatic carbocycles. The Balaban J connectivity index is 1.64. The lowest BCUT2D eigenvalue weighted by molar-refractivity contribution is -0.124. The second-order valence-corrected chi connectivity index (χ2v) is 5.80. The van der Waals surface area contributed by atoms with Crippen molar-refractivity contribution in [2.75, 3.05) is 11.9 Å². The first-order valence-electron chi connectivity index (χ1n) is 7.63. The van der Waals surface area contributed by atoms with E-state index in [0.717, 1.165) is 19.3 Å². The molecule has 0 radical (unpaired) electrons. The average molecular weight is 301 g/mol. The zero-order valence-corrected chi connectivity index (χ0v) is 12.2. The van der Waals surface area contributed by atoms with E-state index in [1.165, 1.54) is 0 Å². The molecule has 2 aliphatic rings. The van der Waals surface area contributed by atoms with Crippen molar-refractivity contribution in [3.63, 3.8) is 0 Å². The molecule has 1 aliphatic heterocycles. The lowest BCUT2D eigenvalue weighted by Crippen LogP contribution is -2.50. The molecule has 0 bridgehead atoms. The molecule has 2 fully saturated rings. The Morgan fingerprint density at radius 3 is 2.73 bits per heavy atom. The molecule has 1 aliphatic carbocycles. The number of benzene rings is 1. The second kappa shape index (κ2) is 6.17. The standard InChI is InChI=1S/C16H19N3O3/c20-14(10-6-7-10)18-12-4-1-3-11(9-12)15(21)19-13-5-2-8-17-16(13)22/h1,3-4,9-10,13H,2,5-8H2,(H,17,22)(H,18,20)(H,19,21)/t13-/m0/s1. The number of hydrogen-bond acceptors (Lipinski definition) is 3. The molecule has 3 N–H and O–H groups in total. The van der Waals surface area contributed by atoms with Gasteiger partial charge in [-0.15, -0.1) is 0 Å². The molecule has 3 rings (SSSR count). The van der Waals surface area contributed by atoms with Crippen LogP contribution in [0.2, 0.25) is 0 Å². The molecule has 0 aromatic heterocycles. The van der Waals surface area contributed by atoms with E-state index in [1.54, 1.807) is 24.3 Å². The number of carbonyl (C=O) groups is 3. The van der Waals surface area contributed by atoms with Crippen LogP contribution in [0.15, 0.2) is 24.3 Å². The van der Waals surface area contributed by atoms with Crippen LogP contribution >= 0.6 is 0 Å². The number of amides is 3. The molecular formula is C16H19N3O3. The summed E-state index contributed by atoms with van der Waals surface area (Å²) in [4.78, 5) is 35.7. The van der Waals surface area contributed by atoms with Crippen molar-refractivity contribution in [2.24, 2.45) is 5.92 Å². The van der Waals surface area contributed by atoms with E-state index in [-0.39, 0.29) is 23.6 Å². The van der Waals surface area contributed by atoms with Crippen LogP contribution in [0.3, 0.4) is 0 Å². The second-order valence-electron chi connectivity index (χ2n) is 5.80. The molecular weight excluding hydrogens is 282 g/mol. The van der Waals surface area contributed by atoms with Crippen LogP contribution in [0.4, 0.5) is 5.69 Å². The molecule has 22 heavy (non-hydrogen) atoms. The minimum atomic E-state index is -0.481. The summed E-state index contributed by atoms with van der Waals surface area (Å²) >= 11 is 0. The van der Waals surface area contributed by atoms with Crippen LogP contribution < -0.4 is 16.0 Å². The highest BCUT2D eigenvalue weighted by Crippen LogP contribution is 2.30. The van der Waals surface area contributed by atoms with Gasteiger partial charge < -0.3 is 16.0 Å². The number of piperidine rings is 1. The van der Waals surface area contributed by atoms with Crippen molar-refractivity contribution in [2.45, 2.75) is 31.7 Å². The molecule has 1 heterocycles. The lowest BCUT2D eigenvalue weighted by atomic mass is 10.1. The Hall–Kier alpha value is -2.37. The van der Waals surface area contributed by atoms with Gasteiger partial charge in [-0.1, -0.05) is 6.07 Å². The SMILES string of the molecule is O=C(N[C@H]1CCCNC1=O)c1cccc(NC(=O)C2CC2)c1. The number of nitrogens with one attached hydrogen (secondary N) is 3. The fraction of sp³-hybridized carbons (Fsp3) is 0.438. The fourth-order valence-electron chi connectivity index (χ4n) is 2.48. The zero-order valence-electron chi connectivity index (χ0n) is 12.2. The molecule has 6 heteroatoms. The minimum Gasteiger partial charge on any atom is -0.354 e. The quantitative estimate of drug-likeness (QED) is 0.776. The van der Waals surface area contributed by atoms with Gasteiger partial charge in [0.2, 0.25) is 11.8 Å². The maximum absolute atomic E-state index is 12.2. The van der Waals surface area contributed by atoms with Gasteiger partial charge in [0, 0.05) is 23.7 Å². The maximum Gasteiger partial charge on any atom is 0.252 e. The average Bonchev–Trinajstić information content (AvgIpc) is 3.34. The van der Waals surface area contributed by atoms with E-state index < -0.39 is 6.04 Å². The van der Waals surface area contributed by atoms with E-state index >= 15 is 0 Å². The largest absolute Gasteiger partial charge is 0.354 e. The molecule has 0 unspecified atom stereocenters. The summed E-state index contributed by atoms with van der Waals surface area (Å²) in [6.07, 6.45) is 3.37. The van der Waals surface area contributed by atoms with Gasteiger partial charge in [-0.25, -0.2) is 0 Å². The maximum atomic E-state index is 12.2. The van der Waals surface area contributed by atoms with E-state index in [4.69, 9.17) is 0 Å². The molecule has 116 valence electrons. The molecule has 0 spiro atoms. The van der Waals surface area contributed by atoms with Gasteiger partial charge in [0.05, 0.1) is 0 Å².